The normalized spacial score (nSPS) is 23.8. The van der Waals surface area contributed by atoms with Crippen molar-refractivity contribution in [3.63, 3.8) is 0 Å². The fraction of sp³-hybridized carbons (Fsp3) is 0.800. The number of rotatable bonds is 2. The van der Waals surface area contributed by atoms with Crippen molar-refractivity contribution >= 4 is 10.7 Å². The molecule has 0 unspecified atom stereocenters. The van der Waals surface area contributed by atoms with E-state index in [1.165, 1.54) is 0 Å². The molecule has 1 rings (SSSR count). The van der Waals surface area contributed by atoms with E-state index in [2.05, 4.69) is 0 Å². The second-order valence-corrected chi connectivity index (χ2v) is 3.55. The Kier molecular flexibility index (Phi) is 1.31. The molecule has 3 heteroatoms. The van der Waals surface area contributed by atoms with Crippen LogP contribution in [0.3, 0.4) is 0 Å². The molecule has 1 aliphatic carbocycles. The minimum atomic E-state index is -2.19. The zero-order valence-electron chi connectivity index (χ0n) is 4.76. The van der Waals surface area contributed by atoms with Crippen LogP contribution in [0.25, 0.3) is 0 Å². The van der Waals surface area contributed by atoms with Gasteiger partial charge in [-0.05, 0) is 19.3 Å². The monoisotopic (exact) mass is 133 g/mol. The summed E-state index contributed by atoms with van der Waals surface area (Å²) in [5, 5.41) is 0. The third-order valence-electron chi connectivity index (χ3n) is 1.66. The van der Waals surface area contributed by atoms with Crippen molar-refractivity contribution in [2.75, 3.05) is 0 Å². The van der Waals surface area contributed by atoms with Gasteiger partial charge in [-0.3, -0.25) is 0 Å². The van der Waals surface area contributed by atoms with Gasteiger partial charge in [-0.1, -0.05) is 6.92 Å². The largest absolute Gasteiger partial charge is 0.231 e. The van der Waals surface area contributed by atoms with Crippen molar-refractivity contribution in [3.8, 4) is 0 Å². The minimum Gasteiger partial charge on any atom is -0.231 e. The predicted octanol–water partition coefficient (Wildman–Crippen LogP) is 0.355. The lowest BCUT2D eigenvalue weighted by molar-refractivity contribution is 0.604. The van der Waals surface area contributed by atoms with Crippen LogP contribution in [-0.4, -0.2) is 13.2 Å². The smallest absolute Gasteiger partial charge is 0.146 e. The van der Waals surface area contributed by atoms with Crippen LogP contribution in [0.2, 0.25) is 0 Å². The van der Waals surface area contributed by atoms with Crippen LogP contribution in [0.4, 0.5) is 0 Å². The molecule has 8 heavy (non-hydrogen) atoms. The molecule has 0 N–H and O–H groups in total. The third kappa shape index (κ3) is 0.749. The second-order valence-electron chi connectivity index (χ2n) is 2.15. The van der Waals surface area contributed by atoms with Crippen LogP contribution in [0, 0.1) is 6.42 Å². The summed E-state index contributed by atoms with van der Waals surface area (Å²) in [6, 6.07) is 0. The van der Waals surface area contributed by atoms with Crippen LogP contribution >= 0.6 is 0 Å². The van der Waals surface area contributed by atoms with E-state index in [9.17, 15) is 8.42 Å². The van der Waals surface area contributed by atoms with E-state index in [1.54, 1.807) is 13.3 Å². The highest BCUT2D eigenvalue weighted by Crippen LogP contribution is 2.41. The summed E-state index contributed by atoms with van der Waals surface area (Å²) in [4.78, 5) is 0. The SMILES string of the molecule is C[CH]C1([SH](=O)=O)CC1. The fourth-order valence-electron chi connectivity index (χ4n) is 0.705. The van der Waals surface area contributed by atoms with Gasteiger partial charge in [-0.2, -0.15) is 0 Å². The summed E-state index contributed by atoms with van der Waals surface area (Å²) in [6.45, 7) is 1.80. The molecule has 1 aliphatic rings. The maximum absolute atomic E-state index is 10.3. The Morgan fingerprint density at radius 1 is 1.50 bits per heavy atom. The molecule has 0 aromatic heterocycles. The van der Waals surface area contributed by atoms with E-state index in [4.69, 9.17) is 0 Å². The molecule has 0 aliphatic heterocycles. The van der Waals surface area contributed by atoms with Gasteiger partial charge in [-0.15, -0.1) is 0 Å². The van der Waals surface area contributed by atoms with E-state index in [0.29, 0.717) is 0 Å². The van der Waals surface area contributed by atoms with Gasteiger partial charge >= 0.3 is 0 Å². The minimum absolute atomic E-state index is 0.380. The Morgan fingerprint density at radius 3 is 2.00 bits per heavy atom. The molecule has 2 nitrogen and oxygen atoms in total. The summed E-state index contributed by atoms with van der Waals surface area (Å²) in [6.07, 6.45) is 3.45. The van der Waals surface area contributed by atoms with Gasteiger partial charge in [0.1, 0.15) is 10.7 Å². The van der Waals surface area contributed by atoms with Gasteiger partial charge in [0.25, 0.3) is 0 Å². The average Bonchev–Trinajstić information content (AvgIpc) is 2.44. The summed E-state index contributed by atoms with van der Waals surface area (Å²) < 4.78 is 20.3. The highest BCUT2D eigenvalue weighted by molar-refractivity contribution is 7.74. The van der Waals surface area contributed by atoms with Crippen molar-refractivity contribution in [3.05, 3.63) is 6.42 Å². The number of hydrogen-bond acceptors (Lipinski definition) is 2. The van der Waals surface area contributed by atoms with E-state index in [0.717, 1.165) is 12.8 Å². The van der Waals surface area contributed by atoms with Crippen LogP contribution in [0.15, 0.2) is 0 Å². The van der Waals surface area contributed by atoms with Crippen molar-refractivity contribution in [1.82, 2.24) is 0 Å². The van der Waals surface area contributed by atoms with Gasteiger partial charge in [0.2, 0.25) is 0 Å². The lowest BCUT2D eigenvalue weighted by atomic mass is 10.3. The molecule has 0 bridgehead atoms. The average molecular weight is 133 g/mol. The lowest BCUT2D eigenvalue weighted by Crippen LogP contribution is -2.08. The molecule has 0 heterocycles. The summed E-state index contributed by atoms with van der Waals surface area (Å²) in [7, 11) is -2.19. The first-order valence-corrected chi connectivity index (χ1v) is 3.84. The Labute approximate surface area is 50.9 Å². The van der Waals surface area contributed by atoms with E-state index in [-0.39, 0.29) is 4.75 Å². The topological polar surface area (TPSA) is 34.1 Å². The first-order chi connectivity index (χ1) is 3.71. The van der Waals surface area contributed by atoms with Crippen LogP contribution in [0.1, 0.15) is 19.8 Å². The Balaban J connectivity index is 2.67. The van der Waals surface area contributed by atoms with Gasteiger partial charge < -0.3 is 0 Å². The molecule has 47 valence electrons. The quantitative estimate of drug-likeness (QED) is 0.552. The Hall–Kier alpha value is -0.0500. The zero-order chi connectivity index (χ0) is 6.20. The third-order valence-corrected chi connectivity index (χ3v) is 3.10. The number of hydrogen-bond donors (Lipinski definition) is 1. The van der Waals surface area contributed by atoms with E-state index >= 15 is 0 Å². The maximum Gasteiger partial charge on any atom is 0.146 e. The standard InChI is InChI=1S/C5H9O2S/c1-2-5(3-4-5)8(6)7/h2,8H,3-4H2,1H3. The second kappa shape index (κ2) is 1.72. The highest BCUT2D eigenvalue weighted by atomic mass is 32.2. The number of thiol groups is 1. The summed E-state index contributed by atoms with van der Waals surface area (Å²) >= 11 is 0. The zero-order valence-corrected chi connectivity index (χ0v) is 5.65. The lowest BCUT2D eigenvalue weighted by Gasteiger charge is -1.96. The molecule has 1 fully saturated rings. The van der Waals surface area contributed by atoms with Crippen LogP contribution < -0.4 is 0 Å². The van der Waals surface area contributed by atoms with Crippen molar-refractivity contribution in [1.29, 1.82) is 0 Å². The first kappa shape index (κ1) is 6.08. The molecule has 0 aromatic carbocycles. The van der Waals surface area contributed by atoms with Gasteiger partial charge in [0.15, 0.2) is 0 Å². The predicted molar refractivity (Wildman–Crippen MR) is 32.3 cm³/mol. The Bertz CT molecular complexity index is 148. The van der Waals surface area contributed by atoms with Crippen LogP contribution in [0.5, 0.6) is 0 Å². The first-order valence-electron chi connectivity index (χ1n) is 2.66. The van der Waals surface area contributed by atoms with Gasteiger partial charge in [0, 0.05) is 0 Å². The van der Waals surface area contributed by atoms with Gasteiger partial charge in [0.05, 0.1) is 4.75 Å². The van der Waals surface area contributed by atoms with Gasteiger partial charge in [-0.25, -0.2) is 8.42 Å². The van der Waals surface area contributed by atoms with Crippen LogP contribution in [-0.2, 0) is 10.7 Å². The maximum atomic E-state index is 10.3. The molecule has 1 radical (unpaired) electrons. The van der Waals surface area contributed by atoms with E-state index < -0.39 is 10.7 Å². The molecule has 0 aromatic rings. The molecule has 0 atom stereocenters. The molecule has 0 amide bonds. The van der Waals surface area contributed by atoms with Crippen molar-refractivity contribution in [2.45, 2.75) is 24.5 Å². The molecule has 0 saturated heterocycles. The molecule has 0 spiro atoms. The Morgan fingerprint density at radius 2 is 2.00 bits per heavy atom. The fourth-order valence-corrected chi connectivity index (χ4v) is 1.39. The van der Waals surface area contributed by atoms with Crippen molar-refractivity contribution < 1.29 is 8.42 Å². The molecular weight excluding hydrogens is 124 g/mol. The summed E-state index contributed by atoms with van der Waals surface area (Å²) in [5.41, 5.74) is 0. The van der Waals surface area contributed by atoms with E-state index in [1.807, 2.05) is 0 Å². The highest BCUT2D eigenvalue weighted by Gasteiger charge is 2.44. The summed E-state index contributed by atoms with van der Waals surface area (Å²) in [5.74, 6) is 0. The molecule has 1 saturated carbocycles. The molecular formula is C5H9O2S. The van der Waals surface area contributed by atoms with Crippen molar-refractivity contribution in [2.24, 2.45) is 0 Å².